The zero-order valence-electron chi connectivity index (χ0n) is 11.8. The maximum Gasteiger partial charge on any atom is 0.268 e. The second-order valence-electron chi connectivity index (χ2n) is 5.02. The van der Waals surface area contributed by atoms with E-state index < -0.39 is 0 Å². The molecule has 1 heterocycles. The van der Waals surface area contributed by atoms with Crippen LogP contribution in [0.5, 0.6) is 0 Å². The quantitative estimate of drug-likeness (QED) is 0.722. The molecule has 0 aromatic carbocycles. The standard InChI is InChI=1S/C14H25N3O/c1-4-5-6-7-8-9-17-14(18)10-13(11-15-17)16-12(2)3/h10-12,16H,4-9H2,1-3H3. The van der Waals surface area contributed by atoms with Crippen LogP contribution < -0.4 is 10.9 Å². The van der Waals surface area contributed by atoms with Gasteiger partial charge < -0.3 is 5.32 Å². The van der Waals surface area contributed by atoms with Gasteiger partial charge in [0.1, 0.15) is 0 Å². The van der Waals surface area contributed by atoms with E-state index in [0.29, 0.717) is 6.04 Å². The topological polar surface area (TPSA) is 46.9 Å². The first kappa shape index (κ1) is 14.7. The molecule has 0 saturated carbocycles. The van der Waals surface area contributed by atoms with Crippen molar-refractivity contribution < 1.29 is 0 Å². The van der Waals surface area contributed by atoms with Gasteiger partial charge in [-0.2, -0.15) is 5.10 Å². The van der Waals surface area contributed by atoms with Crippen molar-refractivity contribution in [2.24, 2.45) is 0 Å². The van der Waals surface area contributed by atoms with E-state index in [2.05, 4.69) is 17.3 Å². The second-order valence-corrected chi connectivity index (χ2v) is 5.02. The number of nitrogens with zero attached hydrogens (tertiary/aromatic N) is 2. The number of aromatic nitrogens is 2. The Morgan fingerprint density at radius 3 is 2.61 bits per heavy atom. The molecule has 0 atom stereocenters. The second kappa shape index (κ2) is 7.90. The highest BCUT2D eigenvalue weighted by atomic mass is 16.1. The van der Waals surface area contributed by atoms with E-state index in [9.17, 15) is 4.79 Å². The van der Waals surface area contributed by atoms with Crippen molar-refractivity contribution in [1.82, 2.24) is 9.78 Å². The van der Waals surface area contributed by atoms with Crippen molar-refractivity contribution in [1.29, 1.82) is 0 Å². The summed E-state index contributed by atoms with van der Waals surface area (Å²) in [5.74, 6) is 0. The Kier molecular flexibility index (Phi) is 6.47. The number of hydrogen-bond donors (Lipinski definition) is 1. The number of rotatable bonds is 8. The Hall–Kier alpha value is -1.32. The van der Waals surface area contributed by atoms with Gasteiger partial charge in [-0.25, -0.2) is 4.68 Å². The van der Waals surface area contributed by atoms with Gasteiger partial charge in [0.15, 0.2) is 0 Å². The van der Waals surface area contributed by atoms with Gasteiger partial charge in [-0.05, 0) is 20.3 Å². The summed E-state index contributed by atoms with van der Waals surface area (Å²) in [4.78, 5) is 11.8. The van der Waals surface area contributed by atoms with Crippen LogP contribution in [0.4, 0.5) is 5.69 Å². The van der Waals surface area contributed by atoms with E-state index >= 15 is 0 Å². The molecule has 1 N–H and O–H groups in total. The Balaban J connectivity index is 2.45. The molecule has 1 aromatic heterocycles. The Labute approximate surface area is 109 Å². The van der Waals surface area contributed by atoms with E-state index in [1.54, 1.807) is 16.9 Å². The van der Waals surface area contributed by atoms with E-state index in [-0.39, 0.29) is 5.56 Å². The van der Waals surface area contributed by atoms with Crippen LogP contribution in [0.2, 0.25) is 0 Å². The highest BCUT2D eigenvalue weighted by Crippen LogP contribution is 2.04. The summed E-state index contributed by atoms with van der Waals surface area (Å²) in [5, 5.41) is 7.37. The number of anilines is 1. The van der Waals surface area contributed by atoms with E-state index in [1.165, 1.54) is 25.7 Å². The van der Waals surface area contributed by atoms with Crippen LogP contribution in [0, 0.1) is 0 Å². The Morgan fingerprint density at radius 1 is 1.28 bits per heavy atom. The van der Waals surface area contributed by atoms with Gasteiger partial charge in [-0.3, -0.25) is 4.79 Å². The lowest BCUT2D eigenvalue weighted by Crippen LogP contribution is -2.23. The summed E-state index contributed by atoms with van der Waals surface area (Å²) < 4.78 is 1.55. The minimum absolute atomic E-state index is 0.0175. The molecule has 0 bridgehead atoms. The highest BCUT2D eigenvalue weighted by Gasteiger charge is 2.01. The number of nitrogens with one attached hydrogen (secondary N) is 1. The fraction of sp³-hybridized carbons (Fsp3) is 0.714. The lowest BCUT2D eigenvalue weighted by atomic mass is 10.1. The average Bonchev–Trinajstić information content (AvgIpc) is 2.30. The first-order valence-electron chi connectivity index (χ1n) is 6.97. The van der Waals surface area contributed by atoms with Crippen molar-refractivity contribution in [3.05, 3.63) is 22.6 Å². The minimum Gasteiger partial charge on any atom is -0.381 e. The average molecular weight is 251 g/mol. The molecule has 0 aliphatic carbocycles. The molecule has 1 aromatic rings. The minimum atomic E-state index is -0.0175. The van der Waals surface area contributed by atoms with E-state index in [1.807, 2.05) is 13.8 Å². The summed E-state index contributed by atoms with van der Waals surface area (Å²) in [6.07, 6.45) is 7.71. The molecule has 102 valence electrons. The van der Waals surface area contributed by atoms with Crippen LogP contribution in [0.15, 0.2) is 17.1 Å². The molecular formula is C14H25N3O. The van der Waals surface area contributed by atoms with Gasteiger partial charge in [0, 0.05) is 18.7 Å². The van der Waals surface area contributed by atoms with Crippen LogP contribution in [0.1, 0.15) is 52.9 Å². The fourth-order valence-corrected chi connectivity index (χ4v) is 1.88. The predicted octanol–water partition coefficient (Wildman–Crippen LogP) is 3.03. The Bertz CT molecular complexity index is 398. The molecular weight excluding hydrogens is 226 g/mol. The third kappa shape index (κ3) is 5.34. The van der Waals surface area contributed by atoms with Crippen molar-refractivity contribution in [2.45, 2.75) is 65.5 Å². The molecule has 0 unspecified atom stereocenters. The van der Waals surface area contributed by atoms with Crippen LogP contribution in [-0.4, -0.2) is 15.8 Å². The third-order valence-corrected chi connectivity index (χ3v) is 2.80. The molecule has 1 rings (SSSR count). The summed E-state index contributed by atoms with van der Waals surface area (Å²) >= 11 is 0. The lowest BCUT2D eigenvalue weighted by molar-refractivity contribution is 0.513. The van der Waals surface area contributed by atoms with Crippen LogP contribution in [0.25, 0.3) is 0 Å². The lowest BCUT2D eigenvalue weighted by Gasteiger charge is -2.10. The van der Waals surface area contributed by atoms with E-state index in [0.717, 1.165) is 18.7 Å². The molecule has 0 saturated heterocycles. The molecule has 4 nitrogen and oxygen atoms in total. The van der Waals surface area contributed by atoms with Crippen molar-refractivity contribution >= 4 is 5.69 Å². The van der Waals surface area contributed by atoms with Crippen molar-refractivity contribution in [3.8, 4) is 0 Å². The predicted molar refractivity (Wildman–Crippen MR) is 76.0 cm³/mol. The molecule has 0 aliphatic rings. The Morgan fingerprint density at radius 2 is 2.00 bits per heavy atom. The van der Waals surface area contributed by atoms with Gasteiger partial charge in [0.05, 0.1) is 11.9 Å². The zero-order chi connectivity index (χ0) is 13.4. The van der Waals surface area contributed by atoms with E-state index in [4.69, 9.17) is 0 Å². The van der Waals surface area contributed by atoms with Crippen LogP contribution in [0.3, 0.4) is 0 Å². The molecule has 4 heteroatoms. The molecule has 0 spiro atoms. The van der Waals surface area contributed by atoms with Gasteiger partial charge in [-0.1, -0.05) is 32.6 Å². The molecule has 0 fully saturated rings. The summed E-state index contributed by atoms with van der Waals surface area (Å²) in [7, 11) is 0. The summed E-state index contributed by atoms with van der Waals surface area (Å²) in [5.41, 5.74) is 0.786. The van der Waals surface area contributed by atoms with Crippen LogP contribution >= 0.6 is 0 Å². The van der Waals surface area contributed by atoms with Gasteiger partial charge in [0.2, 0.25) is 0 Å². The molecule has 18 heavy (non-hydrogen) atoms. The van der Waals surface area contributed by atoms with Gasteiger partial charge in [-0.15, -0.1) is 0 Å². The molecule has 0 radical (unpaired) electrons. The fourth-order valence-electron chi connectivity index (χ4n) is 1.88. The van der Waals surface area contributed by atoms with Crippen molar-refractivity contribution in [3.63, 3.8) is 0 Å². The smallest absolute Gasteiger partial charge is 0.268 e. The highest BCUT2D eigenvalue weighted by molar-refractivity contribution is 5.39. The number of hydrogen-bond acceptors (Lipinski definition) is 3. The molecule has 0 amide bonds. The van der Waals surface area contributed by atoms with Gasteiger partial charge in [0.25, 0.3) is 5.56 Å². The summed E-state index contributed by atoms with van der Waals surface area (Å²) in [6.45, 7) is 7.01. The zero-order valence-corrected chi connectivity index (χ0v) is 11.8. The maximum atomic E-state index is 11.8. The third-order valence-electron chi connectivity index (χ3n) is 2.80. The summed E-state index contributed by atoms with van der Waals surface area (Å²) in [6, 6.07) is 1.94. The van der Waals surface area contributed by atoms with Crippen LogP contribution in [-0.2, 0) is 6.54 Å². The maximum absolute atomic E-state index is 11.8. The first-order valence-corrected chi connectivity index (χ1v) is 6.97. The normalized spacial score (nSPS) is 10.9. The monoisotopic (exact) mass is 251 g/mol. The largest absolute Gasteiger partial charge is 0.381 e. The number of unbranched alkanes of at least 4 members (excludes halogenated alkanes) is 4. The van der Waals surface area contributed by atoms with Crippen molar-refractivity contribution in [2.75, 3.05) is 5.32 Å². The molecule has 0 aliphatic heterocycles. The number of aryl methyl sites for hydroxylation is 1. The van der Waals surface area contributed by atoms with Gasteiger partial charge >= 0.3 is 0 Å². The SMILES string of the molecule is CCCCCCCn1ncc(NC(C)C)cc1=O. The first-order chi connectivity index (χ1) is 8.63.